The molecule has 2 atom stereocenters. The number of nitrogens with two attached hydrogens (primary N) is 1. The molecule has 1 saturated heterocycles. The smallest absolute Gasteiger partial charge is 0.251 e. The number of hydrogen-bond acceptors (Lipinski definition) is 5. The topological polar surface area (TPSA) is 99.5 Å². The molecule has 3 heterocycles. The monoisotopic (exact) mass is 416 g/mol. The number of fused-ring (bicyclic) bond motifs is 1. The van der Waals surface area contributed by atoms with Gasteiger partial charge in [0, 0.05) is 59.6 Å². The lowest BCUT2D eigenvalue weighted by Gasteiger charge is -2.37. The summed E-state index contributed by atoms with van der Waals surface area (Å²) in [4.78, 5) is 19.6. The Kier molecular flexibility index (Phi) is 4.98. The van der Waals surface area contributed by atoms with E-state index in [4.69, 9.17) is 11.1 Å². The minimum absolute atomic E-state index is 0.109. The lowest BCUT2D eigenvalue weighted by atomic mass is 9.95. The number of rotatable bonds is 5. The average Bonchev–Trinajstić information content (AvgIpc) is 3.49. The lowest BCUT2D eigenvalue weighted by Crippen LogP contribution is -2.50. The van der Waals surface area contributed by atoms with Crippen LogP contribution in [0.3, 0.4) is 0 Å². The number of hydrogen-bond donors (Lipinski definition) is 3. The summed E-state index contributed by atoms with van der Waals surface area (Å²) in [5.41, 5.74) is 9.57. The van der Waals surface area contributed by atoms with Crippen molar-refractivity contribution in [2.24, 2.45) is 5.92 Å². The highest BCUT2D eigenvalue weighted by Crippen LogP contribution is 2.38. The fourth-order valence-corrected chi connectivity index (χ4v) is 4.77. The number of carbonyl (C=O) groups excluding carboxylic acids is 1. The number of benzene rings is 1. The zero-order chi connectivity index (χ0) is 21.5. The van der Waals surface area contributed by atoms with Gasteiger partial charge in [-0.05, 0) is 69.0 Å². The zero-order valence-corrected chi connectivity index (χ0v) is 17.7. The summed E-state index contributed by atoms with van der Waals surface area (Å²) in [5, 5.41) is 11.9. The van der Waals surface area contributed by atoms with Crippen molar-refractivity contribution in [3.8, 4) is 0 Å². The standard InChI is InChI=1S/C24H28N6O/c1-29-14-18(6-8-21(29)15-2-3-15)28-24(31)16-4-7-20(25)19(12-16)23(26)17-5-9-22-27-10-11-30(22)13-17/h4-5,7,9-13,15,18,21,26H,2-3,6,8,14,25H2,1H3,(H,28,31). The highest BCUT2D eigenvalue weighted by atomic mass is 16.1. The SMILES string of the molecule is CN1CC(NC(=O)c2ccc(N)c(C(=N)c3ccc4nccn4c3)c2)CCC1C1CC1. The average molecular weight is 417 g/mol. The van der Waals surface area contributed by atoms with Gasteiger partial charge in [-0.3, -0.25) is 10.2 Å². The molecule has 4 N–H and O–H groups in total. The van der Waals surface area contributed by atoms with Gasteiger partial charge in [0.05, 0.1) is 5.71 Å². The van der Waals surface area contributed by atoms with Gasteiger partial charge in [0.1, 0.15) is 5.65 Å². The van der Waals surface area contributed by atoms with E-state index >= 15 is 0 Å². The number of nitrogens with zero attached hydrogens (tertiary/aromatic N) is 3. The zero-order valence-electron chi connectivity index (χ0n) is 17.7. The van der Waals surface area contributed by atoms with Gasteiger partial charge in [0.15, 0.2) is 0 Å². The predicted octanol–water partition coefficient (Wildman–Crippen LogP) is 2.94. The summed E-state index contributed by atoms with van der Waals surface area (Å²) in [6.45, 7) is 0.884. The fraction of sp³-hybridized carbons (Fsp3) is 0.375. The first-order valence-electron chi connectivity index (χ1n) is 10.9. The number of imidazole rings is 1. The molecule has 1 amide bonds. The van der Waals surface area contributed by atoms with E-state index in [-0.39, 0.29) is 17.7 Å². The molecular weight excluding hydrogens is 388 g/mol. The van der Waals surface area contributed by atoms with Gasteiger partial charge in [-0.2, -0.15) is 0 Å². The van der Waals surface area contributed by atoms with Gasteiger partial charge < -0.3 is 20.4 Å². The molecule has 3 aromatic rings. The Labute approximate surface area is 181 Å². The van der Waals surface area contributed by atoms with Crippen LogP contribution < -0.4 is 11.1 Å². The van der Waals surface area contributed by atoms with E-state index in [1.165, 1.54) is 12.8 Å². The van der Waals surface area contributed by atoms with E-state index in [9.17, 15) is 4.79 Å². The molecule has 1 saturated carbocycles. The molecule has 2 aromatic heterocycles. The van der Waals surface area contributed by atoms with E-state index in [0.29, 0.717) is 22.9 Å². The van der Waals surface area contributed by atoms with Gasteiger partial charge in [-0.1, -0.05) is 0 Å². The number of likely N-dealkylation sites (tertiary alicyclic amines) is 1. The Morgan fingerprint density at radius 1 is 1.16 bits per heavy atom. The number of piperidine rings is 1. The van der Waals surface area contributed by atoms with Crippen molar-refractivity contribution in [2.45, 2.75) is 37.8 Å². The number of amides is 1. The van der Waals surface area contributed by atoms with Crippen LogP contribution in [-0.2, 0) is 0 Å². The Morgan fingerprint density at radius 3 is 2.74 bits per heavy atom. The van der Waals surface area contributed by atoms with Gasteiger partial charge in [-0.25, -0.2) is 4.98 Å². The maximum Gasteiger partial charge on any atom is 0.251 e. The quantitative estimate of drug-likeness (QED) is 0.440. The molecule has 5 rings (SSSR count). The number of pyridine rings is 1. The Bertz CT molecular complexity index is 1150. The normalized spacial score (nSPS) is 21.8. The van der Waals surface area contributed by atoms with Crippen molar-refractivity contribution in [1.82, 2.24) is 19.6 Å². The summed E-state index contributed by atoms with van der Waals surface area (Å²) >= 11 is 0. The number of likely N-dealkylation sites (N-methyl/N-ethyl adjacent to an activating group) is 1. The summed E-state index contributed by atoms with van der Waals surface area (Å²) in [5.74, 6) is 0.747. The lowest BCUT2D eigenvalue weighted by molar-refractivity contribution is 0.0869. The van der Waals surface area contributed by atoms with Crippen molar-refractivity contribution in [2.75, 3.05) is 19.3 Å². The van der Waals surface area contributed by atoms with E-state index in [2.05, 4.69) is 22.2 Å². The molecule has 0 spiro atoms. The van der Waals surface area contributed by atoms with Gasteiger partial charge in [0.25, 0.3) is 5.91 Å². The molecule has 7 nitrogen and oxygen atoms in total. The van der Waals surface area contributed by atoms with Crippen LogP contribution in [0.4, 0.5) is 5.69 Å². The third kappa shape index (κ3) is 3.93. The van der Waals surface area contributed by atoms with Gasteiger partial charge in [-0.15, -0.1) is 0 Å². The molecule has 0 bridgehead atoms. The molecule has 2 fully saturated rings. The van der Waals surface area contributed by atoms with Gasteiger partial charge in [0.2, 0.25) is 0 Å². The molecular formula is C24H28N6O. The largest absolute Gasteiger partial charge is 0.398 e. The van der Waals surface area contributed by atoms with Crippen molar-refractivity contribution in [3.63, 3.8) is 0 Å². The molecule has 31 heavy (non-hydrogen) atoms. The number of nitrogen functional groups attached to an aromatic ring is 1. The van der Waals surface area contributed by atoms with E-state index in [1.54, 1.807) is 24.4 Å². The number of carbonyl (C=O) groups is 1. The Morgan fingerprint density at radius 2 is 1.97 bits per heavy atom. The third-order valence-corrected chi connectivity index (χ3v) is 6.65. The van der Waals surface area contributed by atoms with Crippen LogP contribution in [-0.4, -0.2) is 51.6 Å². The van der Waals surface area contributed by atoms with Crippen LogP contribution in [0.2, 0.25) is 0 Å². The first-order valence-corrected chi connectivity index (χ1v) is 10.9. The number of anilines is 1. The van der Waals surface area contributed by atoms with Crippen LogP contribution >= 0.6 is 0 Å². The van der Waals surface area contributed by atoms with Crippen LogP contribution in [0.25, 0.3) is 5.65 Å². The van der Waals surface area contributed by atoms with E-state index < -0.39 is 0 Å². The van der Waals surface area contributed by atoms with Crippen LogP contribution in [0, 0.1) is 11.3 Å². The van der Waals surface area contributed by atoms with Crippen LogP contribution in [0.1, 0.15) is 47.2 Å². The van der Waals surface area contributed by atoms with Crippen molar-refractivity contribution in [3.05, 3.63) is 65.6 Å². The highest BCUT2D eigenvalue weighted by molar-refractivity contribution is 6.14. The molecule has 7 heteroatoms. The third-order valence-electron chi connectivity index (χ3n) is 6.65. The summed E-state index contributed by atoms with van der Waals surface area (Å²) in [6, 6.07) is 9.71. The minimum atomic E-state index is -0.109. The number of nitrogens with one attached hydrogen (secondary N) is 2. The predicted molar refractivity (Wildman–Crippen MR) is 122 cm³/mol. The first kappa shape index (κ1) is 19.8. The number of aromatic nitrogens is 2. The fourth-order valence-electron chi connectivity index (χ4n) is 4.77. The molecule has 2 unspecified atom stereocenters. The molecule has 1 aromatic carbocycles. The second kappa shape index (κ2) is 7.81. The molecule has 0 radical (unpaired) electrons. The first-order chi connectivity index (χ1) is 15.0. The summed E-state index contributed by atoms with van der Waals surface area (Å²) in [7, 11) is 2.17. The minimum Gasteiger partial charge on any atom is -0.398 e. The molecule has 2 aliphatic rings. The highest BCUT2D eigenvalue weighted by Gasteiger charge is 2.37. The Balaban J connectivity index is 1.31. The maximum absolute atomic E-state index is 13.0. The Hall–Kier alpha value is -3.19. The second-order valence-electron chi connectivity index (χ2n) is 8.88. The molecule has 1 aliphatic heterocycles. The maximum atomic E-state index is 13.0. The van der Waals surface area contributed by atoms with Crippen molar-refractivity contribution < 1.29 is 4.79 Å². The summed E-state index contributed by atoms with van der Waals surface area (Å²) < 4.78 is 1.87. The van der Waals surface area contributed by atoms with E-state index in [0.717, 1.165) is 36.5 Å². The van der Waals surface area contributed by atoms with Crippen LogP contribution in [0.15, 0.2) is 48.9 Å². The van der Waals surface area contributed by atoms with E-state index in [1.807, 2.05) is 28.9 Å². The van der Waals surface area contributed by atoms with Crippen LogP contribution in [0.5, 0.6) is 0 Å². The molecule has 160 valence electrons. The second-order valence-corrected chi connectivity index (χ2v) is 8.88. The van der Waals surface area contributed by atoms with Gasteiger partial charge >= 0.3 is 0 Å². The molecule has 1 aliphatic carbocycles. The van der Waals surface area contributed by atoms with Crippen molar-refractivity contribution in [1.29, 1.82) is 5.41 Å². The van der Waals surface area contributed by atoms with Crippen molar-refractivity contribution >= 4 is 23.0 Å². The summed E-state index contributed by atoms with van der Waals surface area (Å²) in [6.07, 6.45) is 10.3.